The van der Waals surface area contributed by atoms with Gasteiger partial charge in [-0.15, -0.1) is 18.3 Å². The highest BCUT2D eigenvalue weighted by atomic mass is 32.2. The number of carbonyl (C=O) groups is 1. The molecule has 0 aliphatic carbocycles. The van der Waals surface area contributed by atoms with E-state index in [-0.39, 0.29) is 11.7 Å². The highest BCUT2D eigenvalue weighted by molar-refractivity contribution is 8.14. The van der Waals surface area contributed by atoms with E-state index in [1.54, 1.807) is 18.0 Å². The second-order valence-electron chi connectivity index (χ2n) is 10.6. The monoisotopic (exact) mass is 620 g/mol. The van der Waals surface area contributed by atoms with Crippen LogP contribution in [0.15, 0.2) is 83.0 Å². The Kier molecular flexibility index (Phi) is 9.19. The van der Waals surface area contributed by atoms with Crippen LogP contribution in [-0.4, -0.2) is 50.8 Å². The van der Waals surface area contributed by atoms with Gasteiger partial charge in [-0.25, -0.2) is 19.5 Å². The van der Waals surface area contributed by atoms with E-state index in [9.17, 15) is 18.0 Å². The first kappa shape index (κ1) is 31.0. The maximum absolute atomic E-state index is 12.7. The molecule has 44 heavy (non-hydrogen) atoms. The van der Waals surface area contributed by atoms with E-state index >= 15 is 0 Å². The number of aliphatic imine (C=N–C) groups is 2. The number of nitrogens with zero attached hydrogens (tertiary/aromatic N) is 6. The number of aromatic nitrogens is 3. The number of carbonyl (C=O) groups excluding carboxylic acids is 1. The number of alkyl halides is 3. The molecule has 1 atom stereocenters. The van der Waals surface area contributed by atoms with Crippen molar-refractivity contribution in [3.63, 3.8) is 0 Å². The number of ether oxygens (including phenoxy) is 1. The Hall–Kier alpha value is -4.45. The van der Waals surface area contributed by atoms with E-state index in [1.807, 2.05) is 31.2 Å². The first-order chi connectivity index (χ1) is 21.0. The van der Waals surface area contributed by atoms with Crippen LogP contribution >= 0.6 is 11.8 Å². The Balaban J connectivity index is 1.23. The number of amidine groups is 1. The number of anilines is 1. The van der Waals surface area contributed by atoms with Crippen molar-refractivity contribution in [1.82, 2.24) is 14.8 Å². The molecule has 0 spiro atoms. The van der Waals surface area contributed by atoms with Crippen molar-refractivity contribution in [3.05, 3.63) is 89.7 Å². The normalized spacial score (nSPS) is 15.5. The van der Waals surface area contributed by atoms with E-state index in [0.717, 1.165) is 34.7 Å². The summed E-state index contributed by atoms with van der Waals surface area (Å²) < 4.78 is 42.6. The van der Waals surface area contributed by atoms with Gasteiger partial charge in [-0.1, -0.05) is 68.9 Å². The lowest BCUT2D eigenvalue weighted by Gasteiger charge is -2.23. The van der Waals surface area contributed by atoms with Gasteiger partial charge in [0.15, 0.2) is 11.0 Å². The molecule has 1 aliphatic heterocycles. The highest BCUT2D eigenvalue weighted by Gasteiger charge is 2.31. The first-order valence-corrected chi connectivity index (χ1v) is 15.0. The third-order valence-electron chi connectivity index (χ3n) is 7.00. The van der Waals surface area contributed by atoms with Crippen LogP contribution in [-0.2, 0) is 0 Å². The van der Waals surface area contributed by atoms with Crippen LogP contribution < -0.4 is 9.64 Å². The maximum Gasteiger partial charge on any atom is 0.573 e. The fourth-order valence-corrected chi connectivity index (χ4v) is 5.67. The molecule has 0 N–H and O–H groups in total. The minimum atomic E-state index is -4.75. The lowest BCUT2D eigenvalue weighted by atomic mass is 9.99. The standard InChI is InChI=1S/C32H31F3N6O2S/c1-20(2)27-14-5-21(3)17-28(27)40-15-16-44-31(40)38-30(42)36-18-22(4)23-6-8-24(9-7-23)29-37-19-41(39-29)25-10-12-26(13-11-25)43-32(33,34)35/h5-14,17-20,22H,15-16H2,1-4H3. The van der Waals surface area contributed by atoms with Crippen molar-refractivity contribution in [1.29, 1.82) is 0 Å². The fourth-order valence-electron chi connectivity index (χ4n) is 4.72. The molecule has 5 rings (SSSR count). The molecule has 1 aliphatic rings. The Labute approximate surface area is 257 Å². The number of hydrogen-bond donors (Lipinski definition) is 0. The summed E-state index contributed by atoms with van der Waals surface area (Å²) in [6.07, 6.45) is -1.67. The molecule has 12 heteroatoms. The van der Waals surface area contributed by atoms with Gasteiger partial charge in [0.1, 0.15) is 12.1 Å². The van der Waals surface area contributed by atoms with E-state index in [2.05, 4.69) is 68.7 Å². The minimum absolute atomic E-state index is 0.146. The Bertz CT molecular complexity index is 1680. The van der Waals surface area contributed by atoms with Crippen molar-refractivity contribution in [2.24, 2.45) is 9.98 Å². The molecule has 2 heterocycles. The summed E-state index contributed by atoms with van der Waals surface area (Å²) in [5.74, 6) is 1.18. The van der Waals surface area contributed by atoms with Crippen LogP contribution in [0.2, 0.25) is 0 Å². The number of aryl methyl sites for hydroxylation is 1. The molecule has 1 saturated heterocycles. The maximum atomic E-state index is 12.7. The van der Waals surface area contributed by atoms with Gasteiger partial charge in [-0.05, 0) is 59.9 Å². The number of urea groups is 1. The molecule has 4 aromatic rings. The lowest BCUT2D eigenvalue weighted by Crippen LogP contribution is -2.26. The SMILES string of the molecule is Cc1ccc(C(C)C)c(N2CCSC2=NC(=O)N=CC(C)c2ccc(-c3ncn(-c4ccc(OC(F)(F)F)cc4)n3)cc2)c1. The number of halogens is 3. The van der Waals surface area contributed by atoms with E-state index in [4.69, 9.17) is 0 Å². The third-order valence-corrected chi connectivity index (χ3v) is 7.95. The van der Waals surface area contributed by atoms with Crippen LogP contribution in [0.1, 0.15) is 49.3 Å². The molecule has 3 aromatic carbocycles. The van der Waals surface area contributed by atoms with Crippen molar-refractivity contribution in [2.75, 3.05) is 17.2 Å². The molecule has 1 fully saturated rings. The van der Waals surface area contributed by atoms with Gasteiger partial charge in [0, 0.05) is 35.7 Å². The van der Waals surface area contributed by atoms with Gasteiger partial charge in [0.05, 0.1) is 5.69 Å². The average molecular weight is 621 g/mol. The summed E-state index contributed by atoms with van der Waals surface area (Å²) in [5.41, 5.74) is 5.69. The molecule has 8 nitrogen and oxygen atoms in total. The van der Waals surface area contributed by atoms with Crippen molar-refractivity contribution in [2.45, 2.75) is 45.9 Å². The molecule has 0 radical (unpaired) electrons. The lowest BCUT2D eigenvalue weighted by molar-refractivity contribution is -0.274. The van der Waals surface area contributed by atoms with Crippen LogP contribution in [0.3, 0.4) is 0 Å². The zero-order valence-electron chi connectivity index (χ0n) is 24.6. The Morgan fingerprint density at radius 1 is 1.05 bits per heavy atom. The van der Waals surface area contributed by atoms with Crippen molar-refractivity contribution < 1.29 is 22.7 Å². The van der Waals surface area contributed by atoms with Gasteiger partial charge < -0.3 is 9.64 Å². The van der Waals surface area contributed by atoms with Crippen molar-refractivity contribution >= 4 is 34.9 Å². The summed E-state index contributed by atoms with van der Waals surface area (Å²) in [5, 5.41) is 5.10. The summed E-state index contributed by atoms with van der Waals surface area (Å²) in [4.78, 5) is 27.6. The second-order valence-corrected chi connectivity index (χ2v) is 11.7. The molecule has 0 saturated carbocycles. The summed E-state index contributed by atoms with van der Waals surface area (Å²) in [6, 6.07) is 18.7. The molecule has 228 valence electrons. The molecular formula is C32H31F3N6O2S. The zero-order chi connectivity index (χ0) is 31.4. The molecular weight excluding hydrogens is 589 g/mol. The molecule has 2 amide bonds. The Morgan fingerprint density at radius 3 is 2.45 bits per heavy atom. The Morgan fingerprint density at radius 2 is 1.77 bits per heavy atom. The topological polar surface area (TPSA) is 85.0 Å². The number of hydrogen-bond acceptors (Lipinski definition) is 5. The molecule has 0 bridgehead atoms. The summed E-state index contributed by atoms with van der Waals surface area (Å²) in [6.45, 7) is 9.09. The smallest absolute Gasteiger partial charge is 0.406 e. The minimum Gasteiger partial charge on any atom is -0.406 e. The van der Waals surface area contributed by atoms with Gasteiger partial charge in [0.25, 0.3) is 0 Å². The van der Waals surface area contributed by atoms with E-state index < -0.39 is 12.4 Å². The number of thioether (sulfide) groups is 1. The number of rotatable bonds is 7. The van der Waals surface area contributed by atoms with Gasteiger partial charge in [-0.2, -0.15) is 4.99 Å². The second kappa shape index (κ2) is 13.0. The van der Waals surface area contributed by atoms with E-state index in [1.165, 1.54) is 40.8 Å². The van der Waals surface area contributed by atoms with Crippen LogP contribution in [0.25, 0.3) is 17.1 Å². The van der Waals surface area contributed by atoms with E-state index in [0.29, 0.717) is 22.6 Å². The quantitative estimate of drug-likeness (QED) is 0.194. The van der Waals surface area contributed by atoms with Crippen LogP contribution in [0.4, 0.5) is 23.7 Å². The van der Waals surface area contributed by atoms with Crippen LogP contribution in [0, 0.1) is 6.92 Å². The average Bonchev–Trinajstić information content (AvgIpc) is 3.66. The predicted molar refractivity (Wildman–Crippen MR) is 168 cm³/mol. The van der Waals surface area contributed by atoms with Gasteiger partial charge in [-0.3, -0.25) is 0 Å². The van der Waals surface area contributed by atoms with Crippen molar-refractivity contribution in [3.8, 4) is 22.8 Å². The molecule has 1 aromatic heterocycles. The largest absolute Gasteiger partial charge is 0.573 e. The number of amides is 2. The molecule has 1 unspecified atom stereocenters. The summed E-state index contributed by atoms with van der Waals surface area (Å²) >= 11 is 1.55. The third kappa shape index (κ3) is 7.54. The van der Waals surface area contributed by atoms with Gasteiger partial charge >= 0.3 is 12.4 Å². The fraction of sp³-hybridized carbons (Fsp3) is 0.281. The highest BCUT2D eigenvalue weighted by Crippen LogP contribution is 2.33. The number of benzene rings is 3. The first-order valence-electron chi connectivity index (χ1n) is 14.0. The predicted octanol–water partition coefficient (Wildman–Crippen LogP) is 8.17. The zero-order valence-corrected chi connectivity index (χ0v) is 25.4. The van der Waals surface area contributed by atoms with Crippen LogP contribution in [0.5, 0.6) is 5.75 Å². The summed E-state index contributed by atoms with van der Waals surface area (Å²) in [7, 11) is 0. The van der Waals surface area contributed by atoms with Gasteiger partial charge in [0.2, 0.25) is 0 Å².